The van der Waals surface area contributed by atoms with Gasteiger partial charge in [0.1, 0.15) is 11.5 Å². The van der Waals surface area contributed by atoms with Gasteiger partial charge in [-0.05, 0) is 49.2 Å². The van der Waals surface area contributed by atoms with Crippen molar-refractivity contribution >= 4 is 5.69 Å². The number of nitrogens with one attached hydrogen (secondary N) is 1. The van der Waals surface area contributed by atoms with Crippen molar-refractivity contribution in [2.24, 2.45) is 5.18 Å². The monoisotopic (exact) mass is 358 g/mol. The number of benzene rings is 2. The van der Waals surface area contributed by atoms with Crippen LogP contribution in [-0.2, 0) is 13.0 Å². The molecule has 2 aromatic carbocycles. The summed E-state index contributed by atoms with van der Waals surface area (Å²) in [6.45, 7) is 9.82. The molecule has 0 heterocycles. The van der Waals surface area contributed by atoms with Crippen molar-refractivity contribution in [3.8, 4) is 11.5 Å². The van der Waals surface area contributed by atoms with E-state index >= 15 is 0 Å². The molecule has 0 spiro atoms. The normalized spacial score (nSPS) is 9.92. The molecule has 0 fully saturated rings. The van der Waals surface area contributed by atoms with E-state index < -0.39 is 0 Å². The predicted molar refractivity (Wildman–Crippen MR) is 108 cm³/mol. The molecule has 0 unspecified atom stereocenters. The van der Waals surface area contributed by atoms with Crippen molar-refractivity contribution in [1.29, 1.82) is 0 Å². The Kier molecular flexibility index (Phi) is 9.37. The van der Waals surface area contributed by atoms with Crippen molar-refractivity contribution in [3.05, 3.63) is 57.5 Å². The number of hydrogen-bond acceptors (Lipinski definition) is 5. The van der Waals surface area contributed by atoms with Crippen molar-refractivity contribution in [2.45, 2.75) is 40.7 Å². The van der Waals surface area contributed by atoms with Crippen LogP contribution in [0.3, 0.4) is 0 Å². The van der Waals surface area contributed by atoms with E-state index in [2.05, 4.69) is 42.5 Å². The Bertz CT molecular complexity index is 694. The van der Waals surface area contributed by atoms with E-state index in [1.807, 2.05) is 19.9 Å². The lowest BCUT2D eigenvalue weighted by molar-refractivity contribution is 0.399. The first-order chi connectivity index (χ1) is 12.6. The van der Waals surface area contributed by atoms with Gasteiger partial charge in [-0.1, -0.05) is 43.2 Å². The Labute approximate surface area is 156 Å². The SMILES string of the molecule is CC.COc1cc(N=O)c(OC)cc1CCNCc1cc(C)cc(C)c1. The summed E-state index contributed by atoms with van der Waals surface area (Å²) in [5, 5.41) is 6.41. The van der Waals surface area contributed by atoms with Crippen LogP contribution in [0, 0.1) is 18.8 Å². The van der Waals surface area contributed by atoms with Gasteiger partial charge in [0.2, 0.25) is 0 Å². The molecular formula is C21H30N2O3. The van der Waals surface area contributed by atoms with E-state index in [4.69, 9.17) is 9.47 Å². The average Bonchev–Trinajstić information content (AvgIpc) is 2.65. The van der Waals surface area contributed by atoms with E-state index in [0.29, 0.717) is 11.5 Å². The molecule has 2 aromatic rings. The van der Waals surface area contributed by atoms with Gasteiger partial charge in [-0.15, -0.1) is 4.91 Å². The molecule has 142 valence electrons. The molecule has 0 aromatic heterocycles. The average molecular weight is 358 g/mol. The maximum absolute atomic E-state index is 10.8. The van der Waals surface area contributed by atoms with E-state index in [1.165, 1.54) is 23.8 Å². The summed E-state index contributed by atoms with van der Waals surface area (Å²) >= 11 is 0. The first-order valence-corrected chi connectivity index (χ1v) is 8.93. The fourth-order valence-electron chi connectivity index (χ4n) is 2.84. The standard InChI is InChI=1S/C19H24N2O3.C2H6/c1-13-7-14(2)9-15(8-13)12-20-6-5-16-10-19(24-4)17(21-22)11-18(16)23-3;1-2/h7-11,20H,5-6,12H2,1-4H3;1-2H3. The zero-order valence-electron chi connectivity index (χ0n) is 16.7. The molecule has 5 heteroatoms. The lowest BCUT2D eigenvalue weighted by Gasteiger charge is -2.12. The number of methoxy groups -OCH3 is 2. The summed E-state index contributed by atoms with van der Waals surface area (Å²) in [6, 6.07) is 9.98. The number of hydrogen-bond donors (Lipinski definition) is 1. The second kappa shape index (κ2) is 11.3. The van der Waals surface area contributed by atoms with E-state index in [0.717, 1.165) is 25.1 Å². The van der Waals surface area contributed by atoms with Crippen LogP contribution in [0.5, 0.6) is 11.5 Å². The van der Waals surface area contributed by atoms with E-state index in [-0.39, 0.29) is 5.69 Å². The Morgan fingerprint density at radius 3 is 2.08 bits per heavy atom. The van der Waals surface area contributed by atoms with Crippen LogP contribution in [0.1, 0.15) is 36.1 Å². The first kappa shape index (κ1) is 21.6. The van der Waals surface area contributed by atoms with Gasteiger partial charge < -0.3 is 14.8 Å². The van der Waals surface area contributed by atoms with Gasteiger partial charge in [0.25, 0.3) is 0 Å². The van der Waals surface area contributed by atoms with Crippen molar-refractivity contribution in [1.82, 2.24) is 5.32 Å². The maximum atomic E-state index is 10.8. The summed E-state index contributed by atoms with van der Waals surface area (Å²) in [6.07, 6.45) is 0.767. The molecule has 0 atom stereocenters. The third kappa shape index (κ3) is 6.15. The van der Waals surface area contributed by atoms with Crippen LogP contribution in [-0.4, -0.2) is 20.8 Å². The van der Waals surface area contributed by atoms with Gasteiger partial charge in [-0.3, -0.25) is 0 Å². The summed E-state index contributed by atoms with van der Waals surface area (Å²) < 4.78 is 10.6. The predicted octanol–water partition coefficient (Wildman–Crippen LogP) is 5.08. The van der Waals surface area contributed by atoms with Crippen LogP contribution in [0.15, 0.2) is 35.5 Å². The Morgan fingerprint density at radius 2 is 1.54 bits per heavy atom. The molecule has 0 aliphatic rings. The molecule has 0 saturated heterocycles. The number of ether oxygens (including phenoxy) is 2. The van der Waals surface area contributed by atoms with Gasteiger partial charge in [-0.2, -0.15) is 0 Å². The minimum atomic E-state index is 0.251. The van der Waals surface area contributed by atoms with Crippen molar-refractivity contribution < 1.29 is 9.47 Å². The van der Waals surface area contributed by atoms with Gasteiger partial charge in [0, 0.05) is 12.6 Å². The second-order valence-electron chi connectivity index (χ2n) is 5.85. The van der Waals surface area contributed by atoms with Crippen LogP contribution >= 0.6 is 0 Å². The van der Waals surface area contributed by atoms with Crippen LogP contribution < -0.4 is 14.8 Å². The van der Waals surface area contributed by atoms with Crippen LogP contribution in [0.2, 0.25) is 0 Å². The number of aryl methyl sites for hydroxylation is 2. The molecule has 26 heavy (non-hydrogen) atoms. The summed E-state index contributed by atoms with van der Waals surface area (Å²) in [4.78, 5) is 10.8. The van der Waals surface area contributed by atoms with E-state index in [9.17, 15) is 4.91 Å². The van der Waals surface area contributed by atoms with Crippen LogP contribution in [0.4, 0.5) is 5.69 Å². The smallest absolute Gasteiger partial charge is 0.153 e. The Hall–Kier alpha value is -2.40. The maximum Gasteiger partial charge on any atom is 0.153 e. The van der Waals surface area contributed by atoms with Gasteiger partial charge >= 0.3 is 0 Å². The highest BCUT2D eigenvalue weighted by atomic mass is 16.5. The molecule has 2 rings (SSSR count). The van der Waals surface area contributed by atoms with Gasteiger partial charge in [0.15, 0.2) is 5.69 Å². The molecule has 0 bridgehead atoms. The molecule has 0 saturated carbocycles. The minimum Gasteiger partial charge on any atom is -0.496 e. The highest BCUT2D eigenvalue weighted by molar-refractivity contribution is 5.58. The van der Waals surface area contributed by atoms with Crippen molar-refractivity contribution in [2.75, 3.05) is 20.8 Å². The lowest BCUT2D eigenvalue weighted by Crippen LogP contribution is -2.17. The van der Waals surface area contributed by atoms with Crippen molar-refractivity contribution in [3.63, 3.8) is 0 Å². The Balaban J connectivity index is 0.00000163. The molecule has 0 amide bonds. The third-order valence-corrected chi connectivity index (χ3v) is 3.86. The summed E-state index contributed by atoms with van der Waals surface area (Å²) in [5.41, 5.74) is 5.05. The first-order valence-electron chi connectivity index (χ1n) is 8.93. The molecule has 1 N–H and O–H groups in total. The zero-order chi connectivity index (χ0) is 19.5. The largest absolute Gasteiger partial charge is 0.496 e. The fourth-order valence-corrected chi connectivity index (χ4v) is 2.84. The van der Waals surface area contributed by atoms with Crippen LogP contribution in [0.25, 0.3) is 0 Å². The zero-order valence-corrected chi connectivity index (χ0v) is 16.7. The Morgan fingerprint density at radius 1 is 0.923 bits per heavy atom. The summed E-state index contributed by atoms with van der Waals surface area (Å²) in [5.74, 6) is 1.12. The number of nitrogens with zero attached hydrogens (tertiary/aromatic N) is 1. The molecule has 0 aliphatic carbocycles. The van der Waals surface area contributed by atoms with E-state index in [1.54, 1.807) is 13.2 Å². The van der Waals surface area contributed by atoms with Gasteiger partial charge in [-0.25, -0.2) is 0 Å². The second-order valence-corrected chi connectivity index (χ2v) is 5.85. The topological polar surface area (TPSA) is 59.9 Å². The minimum absolute atomic E-state index is 0.251. The fraction of sp³-hybridized carbons (Fsp3) is 0.429. The molecule has 5 nitrogen and oxygen atoms in total. The molecular weight excluding hydrogens is 328 g/mol. The number of nitroso groups, excluding NO2 is 1. The summed E-state index contributed by atoms with van der Waals surface area (Å²) in [7, 11) is 3.11. The lowest BCUT2D eigenvalue weighted by atomic mass is 10.1. The molecule has 0 radical (unpaired) electrons. The van der Waals surface area contributed by atoms with Gasteiger partial charge in [0.05, 0.1) is 14.2 Å². The highest BCUT2D eigenvalue weighted by Gasteiger charge is 2.11. The highest BCUT2D eigenvalue weighted by Crippen LogP contribution is 2.34. The third-order valence-electron chi connectivity index (χ3n) is 3.86. The quantitative estimate of drug-likeness (QED) is 0.528. The number of rotatable bonds is 8. The molecule has 0 aliphatic heterocycles.